The minimum absolute atomic E-state index is 0.0434. The molecule has 1 fully saturated rings. The second-order valence-corrected chi connectivity index (χ2v) is 7.87. The number of nitrogens with one attached hydrogen (secondary N) is 1. The van der Waals surface area contributed by atoms with Crippen molar-refractivity contribution in [2.24, 2.45) is 5.92 Å². The Morgan fingerprint density at radius 1 is 1.33 bits per heavy atom. The predicted octanol–water partition coefficient (Wildman–Crippen LogP) is 4.76. The van der Waals surface area contributed by atoms with Gasteiger partial charge in [0.25, 0.3) is 0 Å². The van der Waals surface area contributed by atoms with Crippen LogP contribution in [0.1, 0.15) is 29.5 Å². The Hall–Kier alpha value is -1.93. The van der Waals surface area contributed by atoms with Gasteiger partial charge < -0.3 is 10.2 Å². The molecule has 1 aliphatic rings. The lowest BCUT2D eigenvalue weighted by molar-refractivity contribution is 0.206. The van der Waals surface area contributed by atoms with Crippen LogP contribution in [0.3, 0.4) is 0 Å². The average Bonchev–Trinajstić information content (AvgIpc) is 2.64. The van der Waals surface area contributed by atoms with Crippen LogP contribution in [0.4, 0.5) is 4.39 Å². The van der Waals surface area contributed by atoms with Gasteiger partial charge in [-0.1, -0.05) is 29.3 Å². The first-order chi connectivity index (χ1) is 13.0. The summed E-state index contributed by atoms with van der Waals surface area (Å²) in [6, 6.07) is 10.5. The van der Waals surface area contributed by atoms with Crippen LogP contribution in [0.25, 0.3) is 11.1 Å². The highest BCUT2D eigenvalue weighted by molar-refractivity contribution is 6.34. The molecule has 1 saturated heterocycles. The summed E-state index contributed by atoms with van der Waals surface area (Å²) in [7, 11) is 2.17. The van der Waals surface area contributed by atoms with E-state index in [1.807, 2.05) is 19.1 Å². The van der Waals surface area contributed by atoms with Gasteiger partial charge in [-0.3, -0.25) is 0 Å². The second kappa shape index (κ2) is 8.84. The molecule has 0 bridgehead atoms. The molecule has 1 unspecified atom stereocenters. The zero-order valence-electron chi connectivity index (χ0n) is 15.9. The Morgan fingerprint density at radius 2 is 2.15 bits per heavy atom. The van der Waals surface area contributed by atoms with Crippen molar-refractivity contribution in [3.63, 3.8) is 0 Å². The van der Waals surface area contributed by atoms with E-state index in [9.17, 15) is 4.39 Å². The van der Waals surface area contributed by atoms with Crippen LogP contribution in [0.15, 0.2) is 30.3 Å². The Kier molecular flexibility index (Phi) is 6.49. The molecule has 5 heteroatoms. The lowest BCUT2D eigenvalue weighted by Gasteiger charge is -2.29. The smallest absolute Gasteiger partial charge is 0.141 e. The molecule has 2 aromatic carbocycles. The molecule has 1 atom stereocenters. The highest BCUT2D eigenvalue weighted by Crippen LogP contribution is 2.33. The van der Waals surface area contributed by atoms with Crippen LogP contribution in [0.5, 0.6) is 0 Å². The largest absolute Gasteiger partial charge is 0.312 e. The maximum absolute atomic E-state index is 14.0. The lowest BCUT2D eigenvalue weighted by atomic mass is 9.97. The van der Waals surface area contributed by atoms with E-state index in [-0.39, 0.29) is 5.56 Å². The number of piperidine rings is 1. The molecule has 0 aliphatic carbocycles. The van der Waals surface area contributed by atoms with E-state index < -0.39 is 5.82 Å². The Labute approximate surface area is 165 Å². The molecule has 0 radical (unpaired) electrons. The number of nitrogens with zero attached hydrogens (tertiary/aromatic N) is 2. The number of likely N-dealkylation sites (tertiary alicyclic amines) is 1. The molecule has 0 amide bonds. The van der Waals surface area contributed by atoms with Gasteiger partial charge >= 0.3 is 0 Å². The van der Waals surface area contributed by atoms with E-state index in [1.165, 1.54) is 31.5 Å². The number of nitriles is 1. The standard InChI is InChI=1S/C22H25ClFN3/c1-15-8-19(13-26-12-16-4-3-7-27(2)14-16)22(23)20(9-15)17-5-6-18(11-25)21(24)10-17/h5-6,8-10,16,26H,3-4,7,12-14H2,1-2H3. The number of hydrogen-bond acceptors (Lipinski definition) is 3. The van der Waals surface area contributed by atoms with E-state index in [4.69, 9.17) is 16.9 Å². The average molecular weight is 386 g/mol. The van der Waals surface area contributed by atoms with Crippen molar-refractivity contribution in [1.29, 1.82) is 5.26 Å². The van der Waals surface area contributed by atoms with Crippen molar-refractivity contribution in [2.45, 2.75) is 26.3 Å². The van der Waals surface area contributed by atoms with Gasteiger partial charge in [0.15, 0.2) is 0 Å². The van der Waals surface area contributed by atoms with Crippen LogP contribution < -0.4 is 5.32 Å². The highest BCUT2D eigenvalue weighted by atomic mass is 35.5. The van der Waals surface area contributed by atoms with Crippen LogP contribution in [-0.4, -0.2) is 31.6 Å². The van der Waals surface area contributed by atoms with Crippen LogP contribution in [0.2, 0.25) is 5.02 Å². The van der Waals surface area contributed by atoms with Crippen LogP contribution in [0, 0.1) is 30.0 Å². The van der Waals surface area contributed by atoms with E-state index in [1.54, 1.807) is 6.07 Å². The van der Waals surface area contributed by atoms with E-state index in [0.29, 0.717) is 23.0 Å². The molecule has 142 valence electrons. The normalized spacial score (nSPS) is 17.7. The van der Waals surface area contributed by atoms with Crippen molar-refractivity contribution in [3.05, 3.63) is 57.9 Å². The van der Waals surface area contributed by atoms with Gasteiger partial charge in [-0.25, -0.2) is 4.39 Å². The van der Waals surface area contributed by atoms with Gasteiger partial charge in [0.2, 0.25) is 0 Å². The zero-order chi connectivity index (χ0) is 19.4. The molecule has 3 rings (SSSR count). The van der Waals surface area contributed by atoms with E-state index >= 15 is 0 Å². The summed E-state index contributed by atoms with van der Waals surface area (Å²) in [4.78, 5) is 2.38. The maximum atomic E-state index is 14.0. The summed E-state index contributed by atoms with van der Waals surface area (Å²) in [5.74, 6) is 0.146. The van der Waals surface area contributed by atoms with E-state index in [2.05, 4.69) is 23.3 Å². The molecule has 1 heterocycles. The van der Waals surface area contributed by atoms with Crippen LogP contribution in [-0.2, 0) is 6.54 Å². The van der Waals surface area contributed by atoms with Gasteiger partial charge in [-0.2, -0.15) is 5.26 Å². The molecule has 0 spiro atoms. The minimum Gasteiger partial charge on any atom is -0.312 e. The molecule has 1 aliphatic heterocycles. The van der Waals surface area contributed by atoms with Gasteiger partial charge in [-0.05, 0) is 75.1 Å². The third-order valence-corrected chi connectivity index (χ3v) is 5.61. The van der Waals surface area contributed by atoms with Crippen molar-refractivity contribution >= 4 is 11.6 Å². The molecular formula is C22H25ClFN3. The number of halogens is 2. The monoisotopic (exact) mass is 385 g/mol. The summed E-state index contributed by atoms with van der Waals surface area (Å²) in [5.41, 5.74) is 3.63. The molecule has 0 saturated carbocycles. The summed E-state index contributed by atoms with van der Waals surface area (Å²) in [6.45, 7) is 5.98. The van der Waals surface area contributed by atoms with Gasteiger partial charge in [0.05, 0.1) is 10.6 Å². The van der Waals surface area contributed by atoms with E-state index in [0.717, 1.165) is 29.8 Å². The Morgan fingerprint density at radius 3 is 2.85 bits per heavy atom. The molecule has 27 heavy (non-hydrogen) atoms. The number of rotatable bonds is 5. The number of benzene rings is 2. The van der Waals surface area contributed by atoms with Gasteiger partial charge in [0.1, 0.15) is 11.9 Å². The zero-order valence-corrected chi connectivity index (χ0v) is 16.6. The second-order valence-electron chi connectivity index (χ2n) is 7.49. The maximum Gasteiger partial charge on any atom is 0.141 e. The summed E-state index contributed by atoms with van der Waals surface area (Å²) in [5, 5.41) is 13.1. The third kappa shape index (κ3) is 4.87. The Bertz CT molecular complexity index is 859. The van der Waals surface area contributed by atoms with Gasteiger partial charge in [-0.15, -0.1) is 0 Å². The quantitative estimate of drug-likeness (QED) is 0.806. The van der Waals surface area contributed by atoms with Crippen LogP contribution >= 0.6 is 11.6 Å². The molecule has 1 N–H and O–H groups in total. The first-order valence-corrected chi connectivity index (χ1v) is 9.74. The van der Waals surface area contributed by atoms with Crippen molar-refractivity contribution in [2.75, 3.05) is 26.7 Å². The third-order valence-electron chi connectivity index (χ3n) is 5.16. The van der Waals surface area contributed by atoms with Gasteiger partial charge in [0, 0.05) is 18.7 Å². The Balaban J connectivity index is 1.75. The molecule has 0 aromatic heterocycles. The molecular weight excluding hydrogens is 361 g/mol. The fourth-order valence-electron chi connectivity index (χ4n) is 3.81. The lowest BCUT2D eigenvalue weighted by Crippen LogP contribution is -2.37. The van der Waals surface area contributed by atoms with Crippen molar-refractivity contribution in [3.8, 4) is 17.2 Å². The minimum atomic E-state index is -0.520. The topological polar surface area (TPSA) is 39.1 Å². The summed E-state index contributed by atoms with van der Waals surface area (Å²) in [6.07, 6.45) is 2.51. The fourth-order valence-corrected chi connectivity index (χ4v) is 4.09. The number of hydrogen-bond donors (Lipinski definition) is 1. The van der Waals surface area contributed by atoms with Crippen molar-refractivity contribution in [1.82, 2.24) is 10.2 Å². The SMILES string of the molecule is Cc1cc(CNCC2CCCN(C)C2)c(Cl)c(-c2ccc(C#N)c(F)c2)c1. The predicted molar refractivity (Wildman–Crippen MR) is 108 cm³/mol. The number of aryl methyl sites for hydroxylation is 1. The first-order valence-electron chi connectivity index (χ1n) is 9.36. The first kappa shape index (κ1) is 19.8. The molecule has 2 aromatic rings. The summed E-state index contributed by atoms with van der Waals surface area (Å²) >= 11 is 6.65. The molecule has 3 nitrogen and oxygen atoms in total. The fraction of sp³-hybridized carbons (Fsp3) is 0.409. The van der Waals surface area contributed by atoms with Crippen molar-refractivity contribution < 1.29 is 4.39 Å². The summed E-state index contributed by atoms with van der Waals surface area (Å²) < 4.78 is 14.0. The highest BCUT2D eigenvalue weighted by Gasteiger charge is 2.17.